The van der Waals surface area contributed by atoms with Crippen LogP contribution in [0.3, 0.4) is 0 Å². The predicted molar refractivity (Wildman–Crippen MR) is 91.6 cm³/mol. The number of hydrogen-bond acceptors (Lipinski definition) is 7. The minimum atomic E-state index is -3.36. The lowest BCUT2D eigenvalue weighted by atomic mass is 9.96. The maximum atomic E-state index is 12.1. The first-order valence-corrected chi connectivity index (χ1v) is 9.83. The molecule has 3 heterocycles. The van der Waals surface area contributed by atoms with Gasteiger partial charge in [-0.2, -0.15) is 0 Å². The molecule has 24 heavy (non-hydrogen) atoms. The highest BCUT2D eigenvalue weighted by molar-refractivity contribution is 7.90. The molecule has 0 radical (unpaired) electrons. The number of aromatic nitrogens is 3. The van der Waals surface area contributed by atoms with E-state index in [1.165, 1.54) is 12.5 Å². The molecule has 3 rings (SSSR count). The van der Waals surface area contributed by atoms with Gasteiger partial charge in [-0.05, 0) is 37.1 Å². The maximum Gasteiger partial charge on any atom is 0.223 e. The predicted octanol–water partition coefficient (Wildman–Crippen LogP) is 1.35. The summed E-state index contributed by atoms with van der Waals surface area (Å²) in [5.41, 5.74) is 1.67. The monoisotopic (exact) mass is 347 g/mol. The third-order valence-electron chi connectivity index (χ3n) is 4.07. The second kappa shape index (κ2) is 7.23. The molecule has 0 aliphatic carbocycles. The van der Waals surface area contributed by atoms with Gasteiger partial charge in [-0.3, -0.25) is 4.98 Å². The smallest absolute Gasteiger partial charge is 0.223 e. The lowest BCUT2D eigenvalue weighted by Gasteiger charge is -2.24. The van der Waals surface area contributed by atoms with Crippen LogP contribution < -0.4 is 10.6 Å². The van der Waals surface area contributed by atoms with E-state index < -0.39 is 9.84 Å². The third-order valence-corrected chi connectivity index (χ3v) is 5.18. The number of nitrogens with zero attached hydrogens (tertiary/aromatic N) is 3. The van der Waals surface area contributed by atoms with Gasteiger partial charge in [-0.1, -0.05) is 0 Å². The highest BCUT2D eigenvalue weighted by Crippen LogP contribution is 2.27. The van der Waals surface area contributed by atoms with Crippen LogP contribution in [-0.2, 0) is 16.4 Å². The Bertz CT molecular complexity index is 789. The van der Waals surface area contributed by atoms with E-state index in [1.807, 2.05) is 12.1 Å². The fourth-order valence-corrected chi connectivity index (χ4v) is 3.65. The zero-order valence-electron chi connectivity index (χ0n) is 13.6. The molecule has 1 fully saturated rings. The largest absolute Gasteiger partial charge is 0.350 e. The van der Waals surface area contributed by atoms with Crippen molar-refractivity contribution < 1.29 is 8.42 Å². The summed E-state index contributed by atoms with van der Waals surface area (Å²) in [5, 5.41) is 6.46. The summed E-state index contributed by atoms with van der Waals surface area (Å²) in [6, 6.07) is 3.81. The highest BCUT2D eigenvalue weighted by atomic mass is 32.2. The molecule has 0 saturated carbocycles. The van der Waals surface area contributed by atoms with Crippen molar-refractivity contribution in [1.82, 2.24) is 20.3 Å². The van der Waals surface area contributed by atoms with Crippen molar-refractivity contribution in [2.45, 2.75) is 30.2 Å². The molecule has 0 aromatic carbocycles. The molecule has 7 nitrogen and oxygen atoms in total. The summed E-state index contributed by atoms with van der Waals surface area (Å²) in [6.45, 7) is 2.26. The van der Waals surface area contributed by atoms with Gasteiger partial charge in [0.05, 0.1) is 11.9 Å². The van der Waals surface area contributed by atoms with Gasteiger partial charge in [0.1, 0.15) is 4.90 Å². The van der Waals surface area contributed by atoms with Crippen molar-refractivity contribution in [3.8, 4) is 0 Å². The van der Waals surface area contributed by atoms with Gasteiger partial charge in [0.2, 0.25) is 5.95 Å². The van der Waals surface area contributed by atoms with E-state index >= 15 is 0 Å². The molecule has 1 saturated heterocycles. The Morgan fingerprint density at radius 1 is 1.33 bits per heavy atom. The normalized spacial score (nSPS) is 18.3. The Hall–Kier alpha value is -2.06. The van der Waals surface area contributed by atoms with Crippen LogP contribution >= 0.6 is 0 Å². The average molecular weight is 347 g/mol. The van der Waals surface area contributed by atoms with Crippen molar-refractivity contribution in [2.24, 2.45) is 0 Å². The average Bonchev–Trinajstić information content (AvgIpc) is 2.60. The zero-order valence-corrected chi connectivity index (χ0v) is 14.4. The van der Waals surface area contributed by atoms with Crippen LogP contribution in [0.5, 0.6) is 0 Å². The van der Waals surface area contributed by atoms with Crippen LogP contribution in [0.1, 0.15) is 30.0 Å². The van der Waals surface area contributed by atoms with E-state index in [4.69, 9.17) is 0 Å². The molecule has 2 aromatic rings. The summed E-state index contributed by atoms with van der Waals surface area (Å²) < 4.78 is 24.1. The topological polar surface area (TPSA) is 96.9 Å². The number of rotatable bonds is 5. The van der Waals surface area contributed by atoms with Crippen molar-refractivity contribution in [1.29, 1.82) is 0 Å². The summed E-state index contributed by atoms with van der Waals surface area (Å²) in [7, 11) is -3.36. The molecular weight excluding hydrogens is 326 g/mol. The van der Waals surface area contributed by atoms with Crippen LogP contribution in [-0.4, -0.2) is 42.7 Å². The van der Waals surface area contributed by atoms with Crippen molar-refractivity contribution in [2.75, 3.05) is 24.7 Å². The Morgan fingerprint density at radius 3 is 2.79 bits per heavy atom. The van der Waals surface area contributed by atoms with Crippen LogP contribution in [0.15, 0.2) is 35.6 Å². The number of nitrogens with one attached hydrogen (secondary N) is 2. The van der Waals surface area contributed by atoms with Gasteiger partial charge in [-0.25, -0.2) is 18.4 Å². The summed E-state index contributed by atoms with van der Waals surface area (Å²) >= 11 is 0. The quantitative estimate of drug-likeness (QED) is 0.843. The van der Waals surface area contributed by atoms with E-state index in [9.17, 15) is 8.42 Å². The first kappa shape index (κ1) is 16.8. The molecule has 0 amide bonds. The van der Waals surface area contributed by atoms with E-state index in [0.717, 1.165) is 31.5 Å². The summed E-state index contributed by atoms with van der Waals surface area (Å²) in [4.78, 5) is 12.9. The molecule has 0 bridgehead atoms. The Kier molecular flexibility index (Phi) is 5.06. The van der Waals surface area contributed by atoms with E-state index in [2.05, 4.69) is 25.6 Å². The van der Waals surface area contributed by atoms with Crippen LogP contribution in [0.2, 0.25) is 0 Å². The van der Waals surface area contributed by atoms with Gasteiger partial charge in [0.25, 0.3) is 0 Å². The number of anilines is 1. The van der Waals surface area contributed by atoms with Crippen molar-refractivity contribution in [3.05, 3.63) is 42.0 Å². The maximum absolute atomic E-state index is 12.1. The molecule has 1 aliphatic heterocycles. The van der Waals surface area contributed by atoms with Crippen molar-refractivity contribution >= 4 is 15.8 Å². The van der Waals surface area contributed by atoms with Gasteiger partial charge in [0.15, 0.2) is 9.84 Å². The Balaban J connectivity index is 1.86. The fourth-order valence-electron chi connectivity index (χ4n) is 2.81. The van der Waals surface area contributed by atoms with Gasteiger partial charge >= 0.3 is 0 Å². The minimum Gasteiger partial charge on any atom is -0.350 e. The summed E-state index contributed by atoms with van der Waals surface area (Å²) in [5.74, 6) is 0.535. The number of piperidine rings is 1. The van der Waals surface area contributed by atoms with E-state index in [-0.39, 0.29) is 10.8 Å². The lowest BCUT2D eigenvalue weighted by molar-refractivity contribution is 0.448. The number of pyridine rings is 1. The van der Waals surface area contributed by atoms with E-state index in [1.54, 1.807) is 12.4 Å². The zero-order chi connectivity index (χ0) is 17.0. The second-order valence-electron chi connectivity index (χ2n) is 5.97. The lowest BCUT2D eigenvalue weighted by Crippen LogP contribution is -2.30. The van der Waals surface area contributed by atoms with Crippen LogP contribution in [0.4, 0.5) is 5.95 Å². The fraction of sp³-hybridized carbons (Fsp3) is 0.438. The molecule has 1 unspecified atom stereocenters. The molecule has 0 spiro atoms. The summed E-state index contributed by atoms with van der Waals surface area (Å²) in [6.07, 6.45) is 8.01. The van der Waals surface area contributed by atoms with E-state index in [0.29, 0.717) is 18.2 Å². The molecule has 8 heteroatoms. The highest BCUT2D eigenvalue weighted by Gasteiger charge is 2.25. The van der Waals surface area contributed by atoms with Gasteiger partial charge in [-0.15, -0.1) is 0 Å². The SMILES string of the molecule is CS(=O)(=O)c1cnc(NCc2ccncc2)nc1C1CCCNC1. The third kappa shape index (κ3) is 4.07. The second-order valence-corrected chi connectivity index (χ2v) is 7.95. The molecular formula is C16H21N5O2S. The van der Waals surface area contributed by atoms with Gasteiger partial charge in [0, 0.05) is 37.7 Å². The first-order chi connectivity index (χ1) is 11.5. The molecule has 128 valence electrons. The number of hydrogen-bond donors (Lipinski definition) is 2. The Labute approximate surface area is 141 Å². The molecule has 2 N–H and O–H groups in total. The molecule has 1 atom stereocenters. The molecule has 1 aliphatic rings. The standard InChI is InChI=1S/C16H21N5O2S/c1-24(22,23)14-11-20-16(19-9-12-4-7-17-8-5-12)21-15(14)13-3-2-6-18-10-13/h4-5,7-8,11,13,18H,2-3,6,9-10H2,1H3,(H,19,20,21). The first-order valence-electron chi connectivity index (χ1n) is 7.94. The molecule has 2 aromatic heterocycles. The van der Waals surface area contributed by atoms with Gasteiger partial charge < -0.3 is 10.6 Å². The minimum absolute atomic E-state index is 0.0907. The van der Waals surface area contributed by atoms with Crippen LogP contribution in [0, 0.1) is 0 Å². The van der Waals surface area contributed by atoms with Crippen molar-refractivity contribution in [3.63, 3.8) is 0 Å². The van der Waals surface area contributed by atoms with Crippen LogP contribution in [0.25, 0.3) is 0 Å². The number of sulfone groups is 1. The Morgan fingerprint density at radius 2 is 2.12 bits per heavy atom.